The first-order valence-corrected chi connectivity index (χ1v) is 11.2. The molecule has 9 nitrogen and oxygen atoms in total. The van der Waals surface area contributed by atoms with Crippen LogP contribution in [-0.2, 0) is 4.79 Å². The largest absolute Gasteiger partial charge is 0.430 e. The van der Waals surface area contributed by atoms with Gasteiger partial charge >= 0.3 is 6.03 Å². The highest BCUT2D eigenvalue weighted by atomic mass is 16.4. The Hall–Kier alpha value is -3.10. The number of primary amides is 1. The van der Waals surface area contributed by atoms with Gasteiger partial charge in [0.15, 0.2) is 0 Å². The van der Waals surface area contributed by atoms with Gasteiger partial charge in [-0.2, -0.15) is 0 Å². The fourth-order valence-electron chi connectivity index (χ4n) is 4.81. The highest BCUT2D eigenvalue weighted by Gasteiger charge is 2.38. The number of hydrogen-bond acceptors (Lipinski definition) is 5. The quantitative estimate of drug-likeness (QED) is 0.757. The number of furan rings is 1. The lowest BCUT2D eigenvalue weighted by Gasteiger charge is -2.45. The van der Waals surface area contributed by atoms with Crippen LogP contribution in [0.4, 0.5) is 10.5 Å². The summed E-state index contributed by atoms with van der Waals surface area (Å²) < 4.78 is 5.51. The van der Waals surface area contributed by atoms with E-state index in [9.17, 15) is 14.4 Å². The molecule has 0 radical (unpaired) electrons. The molecule has 2 aliphatic rings. The van der Waals surface area contributed by atoms with Crippen LogP contribution in [-0.4, -0.2) is 57.8 Å². The smallest absolute Gasteiger partial charge is 0.321 e. The highest BCUT2D eigenvalue weighted by molar-refractivity contribution is 6.09. The Morgan fingerprint density at radius 1 is 1.19 bits per heavy atom. The zero-order chi connectivity index (χ0) is 23.0. The fraction of sp³-hybridized carbons (Fsp3) is 0.565. The van der Waals surface area contributed by atoms with E-state index in [2.05, 4.69) is 24.1 Å². The van der Waals surface area contributed by atoms with E-state index in [0.29, 0.717) is 18.5 Å². The molecule has 2 aliphatic heterocycles. The van der Waals surface area contributed by atoms with Crippen molar-refractivity contribution in [2.75, 3.05) is 25.0 Å². The van der Waals surface area contributed by atoms with Gasteiger partial charge in [0.05, 0.1) is 11.3 Å². The van der Waals surface area contributed by atoms with Gasteiger partial charge in [0, 0.05) is 30.9 Å². The summed E-state index contributed by atoms with van der Waals surface area (Å²) >= 11 is 0. The topological polar surface area (TPSA) is 122 Å². The van der Waals surface area contributed by atoms with Crippen molar-refractivity contribution < 1.29 is 18.8 Å². The third kappa shape index (κ3) is 4.16. The van der Waals surface area contributed by atoms with Crippen LogP contribution < -0.4 is 11.1 Å². The molecule has 2 saturated heterocycles. The molecule has 4 amide bonds. The van der Waals surface area contributed by atoms with Gasteiger partial charge in [-0.05, 0) is 65.0 Å². The van der Waals surface area contributed by atoms with Crippen LogP contribution in [0.15, 0.2) is 16.5 Å². The molecule has 32 heavy (non-hydrogen) atoms. The van der Waals surface area contributed by atoms with Gasteiger partial charge in [-0.1, -0.05) is 0 Å². The van der Waals surface area contributed by atoms with Gasteiger partial charge in [-0.15, -0.1) is 0 Å². The Kier molecular flexibility index (Phi) is 5.83. The van der Waals surface area contributed by atoms with E-state index in [1.165, 1.54) is 0 Å². The van der Waals surface area contributed by atoms with Crippen LogP contribution in [0.25, 0.3) is 11.1 Å². The van der Waals surface area contributed by atoms with Gasteiger partial charge in [-0.25, -0.2) is 9.78 Å². The SMILES string of the molecule is Cc1ccc2c(NC(=O)N3CCC[C@@H](C(=O)N4CCCCC4(C)C)C3)c(C(N)=O)oc2n1. The molecule has 0 aromatic carbocycles. The Morgan fingerprint density at radius 2 is 1.97 bits per heavy atom. The zero-order valence-electron chi connectivity index (χ0n) is 18.9. The van der Waals surface area contributed by atoms with Gasteiger partial charge < -0.3 is 25.3 Å². The normalized spacial score (nSPS) is 20.9. The van der Waals surface area contributed by atoms with E-state index in [1.54, 1.807) is 24.0 Å². The van der Waals surface area contributed by atoms with E-state index in [4.69, 9.17) is 10.2 Å². The second kappa shape index (κ2) is 8.44. The first-order valence-electron chi connectivity index (χ1n) is 11.2. The number of anilines is 1. The maximum Gasteiger partial charge on any atom is 0.321 e. The van der Waals surface area contributed by atoms with Crippen LogP contribution >= 0.6 is 0 Å². The van der Waals surface area contributed by atoms with Crippen molar-refractivity contribution in [1.29, 1.82) is 0 Å². The number of likely N-dealkylation sites (tertiary alicyclic amines) is 2. The van der Waals surface area contributed by atoms with Crippen LogP contribution in [0, 0.1) is 12.8 Å². The molecule has 2 aromatic heterocycles. The standard InChI is InChI=1S/C23H31N5O4/c1-14-8-9-16-17(18(19(24)29)32-20(16)25-14)26-22(31)27-11-6-7-15(13-27)21(30)28-12-5-4-10-23(28,2)3/h8-9,15H,4-7,10-13H2,1-3H3,(H2,24,29)(H,26,31)/t15-/m1/s1. The lowest BCUT2D eigenvalue weighted by Crippen LogP contribution is -2.55. The monoisotopic (exact) mass is 441 g/mol. The van der Waals surface area contributed by atoms with Crippen molar-refractivity contribution in [3.05, 3.63) is 23.6 Å². The highest BCUT2D eigenvalue weighted by Crippen LogP contribution is 2.32. The van der Waals surface area contributed by atoms with Crippen LogP contribution in [0.1, 0.15) is 62.2 Å². The summed E-state index contributed by atoms with van der Waals surface area (Å²) in [5.41, 5.74) is 6.49. The molecule has 1 atom stereocenters. The molecular formula is C23H31N5O4. The second-order valence-electron chi connectivity index (χ2n) is 9.45. The average molecular weight is 442 g/mol. The van der Waals surface area contributed by atoms with Crippen molar-refractivity contribution in [2.45, 2.75) is 58.4 Å². The third-order valence-corrected chi connectivity index (χ3v) is 6.63. The predicted molar refractivity (Wildman–Crippen MR) is 120 cm³/mol. The fourth-order valence-corrected chi connectivity index (χ4v) is 4.81. The number of hydrogen-bond donors (Lipinski definition) is 2. The molecule has 0 spiro atoms. The summed E-state index contributed by atoms with van der Waals surface area (Å²) in [6.07, 6.45) is 4.65. The van der Waals surface area contributed by atoms with Gasteiger partial charge in [0.2, 0.25) is 17.4 Å². The maximum absolute atomic E-state index is 13.3. The van der Waals surface area contributed by atoms with Crippen molar-refractivity contribution in [3.8, 4) is 0 Å². The molecule has 4 heterocycles. The Bertz CT molecular complexity index is 1060. The number of fused-ring (bicyclic) bond motifs is 1. The number of nitrogens with zero attached hydrogens (tertiary/aromatic N) is 3. The number of urea groups is 1. The number of piperidine rings is 2. The minimum Gasteiger partial charge on any atom is -0.430 e. The number of rotatable bonds is 3. The molecule has 0 aliphatic carbocycles. The van der Waals surface area contributed by atoms with Crippen LogP contribution in [0.2, 0.25) is 0 Å². The zero-order valence-corrected chi connectivity index (χ0v) is 18.9. The second-order valence-corrected chi connectivity index (χ2v) is 9.45. The van der Waals surface area contributed by atoms with E-state index in [1.807, 2.05) is 4.90 Å². The Labute approximate surface area is 187 Å². The summed E-state index contributed by atoms with van der Waals surface area (Å²) in [5.74, 6) is -1.02. The first-order chi connectivity index (χ1) is 15.2. The summed E-state index contributed by atoms with van der Waals surface area (Å²) in [7, 11) is 0. The predicted octanol–water partition coefficient (Wildman–Crippen LogP) is 3.27. The number of pyridine rings is 1. The number of aromatic nitrogens is 1. The maximum atomic E-state index is 13.3. The average Bonchev–Trinajstić information content (AvgIpc) is 3.10. The summed E-state index contributed by atoms with van der Waals surface area (Å²) in [6, 6.07) is 3.13. The van der Waals surface area contributed by atoms with E-state index in [0.717, 1.165) is 44.3 Å². The lowest BCUT2D eigenvalue weighted by atomic mass is 9.87. The van der Waals surface area contributed by atoms with Gasteiger partial charge in [0.25, 0.3) is 5.91 Å². The van der Waals surface area contributed by atoms with Crippen molar-refractivity contribution in [2.24, 2.45) is 11.7 Å². The summed E-state index contributed by atoms with van der Waals surface area (Å²) in [6.45, 7) is 7.68. The molecule has 0 bridgehead atoms. The number of carbonyl (C=O) groups is 3. The molecule has 2 aromatic rings. The number of carbonyl (C=O) groups excluding carboxylic acids is 3. The number of aryl methyl sites for hydroxylation is 1. The minimum atomic E-state index is -0.782. The summed E-state index contributed by atoms with van der Waals surface area (Å²) in [5, 5.41) is 3.30. The molecule has 0 unspecified atom stereocenters. The van der Waals surface area contributed by atoms with Gasteiger partial charge in [-0.3, -0.25) is 9.59 Å². The van der Waals surface area contributed by atoms with Crippen molar-refractivity contribution in [1.82, 2.24) is 14.8 Å². The molecule has 172 valence electrons. The number of amides is 4. The molecule has 4 rings (SSSR count). The Balaban J connectivity index is 1.51. The molecule has 2 fully saturated rings. The third-order valence-electron chi connectivity index (χ3n) is 6.63. The number of nitrogens with two attached hydrogens (primary N) is 1. The Morgan fingerprint density at radius 3 is 2.69 bits per heavy atom. The van der Waals surface area contributed by atoms with Gasteiger partial charge in [0.1, 0.15) is 5.69 Å². The van der Waals surface area contributed by atoms with E-state index < -0.39 is 5.91 Å². The first kappa shape index (κ1) is 22.1. The minimum absolute atomic E-state index is 0.124. The van der Waals surface area contributed by atoms with Crippen LogP contribution in [0.3, 0.4) is 0 Å². The molecule has 0 saturated carbocycles. The van der Waals surface area contributed by atoms with Crippen molar-refractivity contribution in [3.63, 3.8) is 0 Å². The molecular weight excluding hydrogens is 410 g/mol. The lowest BCUT2D eigenvalue weighted by molar-refractivity contribution is -0.144. The summed E-state index contributed by atoms with van der Waals surface area (Å²) in [4.78, 5) is 46.2. The van der Waals surface area contributed by atoms with E-state index in [-0.39, 0.29) is 40.6 Å². The molecule has 9 heteroatoms. The van der Waals surface area contributed by atoms with Crippen LogP contribution in [0.5, 0.6) is 0 Å². The van der Waals surface area contributed by atoms with Crippen molar-refractivity contribution >= 4 is 34.6 Å². The molecule has 3 N–H and O–H groups in total. The number of nitrogens with one attached hydrogen (secondary N) is 1. The van der Waals surface area contributed by atoms with E-state index >= 15 is 0 Å².